The predicted octanol–water partition coefficient (Wildman–Crippen LogP) is 3.30. The molecule has 20 heavy (non-hydrogen) atoms. The fraction of sp³-hybridized carbons (Fsp3) is 0.917. The van der Waals surface area contributed by atoms with Crippen LogP contribution in [0.4, 0.5) is 4.79 Å². The minimum absolute atomic E-state index is 0.0591. The highest BCUT2D eigenvalue weighted by Crippen LogP contribution is 2.37. The molecule has 0 radical (unpaired) electrons. The molecule has 0 aromatic carbocycles. The van der Waals surface area contributed by atoms with Gasteiger partial charge in [-0.25, -0.2) is 4.79 Å². The third kappa shape index (κ3) is 3.88. The number of likely N-dealkylation sites (tertiary alicyclic amines) is 1. The Morgan fingerprint density at radius 3 is 2.55 bits per heavy atom. The standard InChI is InChI=1S/C12H24N4O3Si/c1-12(2,3)20(4,5)19-8-9-6-16(11(17)18)7-10(9)14-15-13/h9-10H,6-8H2,1-5H3,(H,17,18)/t9-,10-/m0/s1. The molecule has 0 aromatic rings. The Morgan fingerprint density at radius 1 is 1.50 bits per heavy atom. The maximum absolute atomic E-state index is 11.0. The number of rotatable bonds is 4. The number of carbonyl (C=O) groups is 1. The van der Waals surface area contributed by atoms with E-state index in [0.717, 1.165) is 0 Å². The summed E-state index contributed by atoms with van der Waals surface area (Å²) < 4.78 is 6.12. The van der Waals surface area contributed by atoms with Crippen LogP contribution in [-0.4, -0.2) is 50.2 Å². The van der Waals surface area contributed by atoms with E-state index in [1.54, 1.807) is 0 Å². The highest BCUT2D eigenvalue weighted by molar-refractivity contribution is 6.74. The van der Waals surface area contributed by atoms with Crippen LogP contribution in [-0.2, 0) is 4.43 Å². The molecule has 0 spiro atoms. The van der Waals surface area contributed by atoms with Crippen LogP contribution in [0.25, 0.3) is 10.4 Å². The Hall–Kier alpha value is -1.24. The van der Waals surface area contributed by atoms with Gasteiger partial charge in [-0.1, -0.05) is 25.9 Å². The summed E-state index contributed by atoms with van der Waals surface area (Å²) in [6, 6.07) is -0.333. The van der Waals surface area contributed by atoms with Gasteiger partial charge in [0.05, 0.1) is 6.04 Å². The molecule has 0 bridgehead atoms. The normalized spacial score (nSPS) is 23.6. The van der Waals surface area contributed by atoms with E-state index in [1.165, 1.54) is 4.90 Å². The number of nitrogens with zero attached hydrogens (tertiary/aromatic N) is 4. The molecule has 1 rings (SSSR count). The minimum Gasteiger partial charge on any atom is -0.465 e. The van der Waals surface area contributed by atoms with Gasteiger partial charge in [0.25, 0.3) is 0 Å². The Balaban J connectivity index is 2.70. The topological polar surface area (TPSA) is 98.5 Å². The summed E-state index contributed by atoms with van der Waals surface area (Å²) in [5, 5.41) is 12.8. The van der Waals surface area contributed by atoms with E-state index in [-0.39, 0.29) is 23.5 Å². The third-order valence-electron chi connectivity index (χ3n) is 4.34. The molecule has 0 unspecified atom stereocenters. The van der Waals surface area contributed by atoms with Crippen LogP contribution >= 0.6 is 0 Å². The average Bonchev–Trinajstić information content (AvgIpc) is 2.69. The summed E-state index contributed by atoms with van der Waals surface area (Å²) in [4.78, 5) is 15.1. The van der Waals surface area contributed by atoms with E-state index in [0.29, 0.717) is 13.2 Å². The Bertz CT molecular complexity index is 415. The maximum atomic E-state index is 11.0. The molecule has 1 aliphatic rings. The van der Waals surface area contributed by atoms with Crippen molar-refractivity contribution in [2.45, 2.75) is 44.9 Å². The zero-order valence-corrected chi connectivity index (χ0v) is 13.8. The maximum Gasteiger partial charge on any atom is 0.407 e. The second-order valence-corrected chi connectivity index (χ2v) is 11.6. The van der Waals surface area contributed by atoms with Crippen molar-refractivity contribution < 1.29 is 14.3 Å². The van der Waals surface area contributed by atoms with Crippen LogP contribution < -0.4 is 0 Å². The lowest BCUT2D eigenvalue weighted by Gasteiger charge is -2.37. The summed E-state index contributed by atoms with van der Waals surface area (Å²) in [5.41, 5.74) is 8.59. The van der Waals surface area contributed by atoms with Crippen LogP contribution in [0.1, 0.15) is 20.8 Å². The first kappa shape index (κ1) is 16.8. The van der Waals surface area contributed by atoms with Gasteiger partial charge < -0.3 is 14.4 Å². The van der Waals surface area contributed by atoms with Gasteiger partial charge in [-0.3, -0.25) is 0 Å². The van der Waals surface area contributed by atoms with Crippen molar-refractivity contribution in [3.63, 3.8) is 0 Å². The largest absolute Gasteiger partial charge is 0.465 e. The van der Waals surface area contributed by atoms with Crippen molar-refractivity contribution in [3.8, 4) is 0 Å². The van der Waals surface area contributed by atoms with Crippen molar-refractivity contribution in [2.24, 2.45) is 11.0 Å². The van der Waals surface area contributed by atoms with Gasteiger partial charge in [-0.2, -0.15) is 0 Å². The highest BCUT2D eigenvalue weighted by Gasteiger charge is 2.40. The number of amides is 1. The van der Waals surface area contributed by atoms with Crippen molar-refractivity contribution >= 4 is 14.4 Å². The van der Waals surface area contributed by atoms with E-state index >= 15 is 0 Å². The third-order valence-corrected chi connectivity index (χ3v) is 8.84. The SMILES string of the molecule is CC(C)(C)[Si](C)(C)OC[C@@H]1CN(C(=O)O)C[C@@H]1N=[N+]=[N-]. The van der Waals surface area contributed by atoms with Gasteiger partial charge in [0.15, 0.2) is 8.32 Å². The Kier molecular flexibility index (Phi) is 5.07. The summed E-state index contributed by atoms with van der Waals surface area (Å²) >= 11 is 0. The van der Waals surface area contributed by atoms with Crippen molar-refractivity contribution in [2.75, 3.05) is 19.7 Å². The molecule has 1 N–H and O–H groups in total. The molecule has 8 heteroatoms. The van der Waals surface area contributed by atoms with Gasteiger partial charge in [0.2, 0.25) is 0 Å². The van der Waals surface area contributed by atoms with E-state index in [1.807, 2.05) is 0 Å². The minimum atomic E-state index is -1.87. The lowest BCUT2D eigenvalue weighted by molar-refractivity contribution is 0.151. The van der Waals surface area contributed by atoms with Gasteiger partial charge in [0, 0.05) is 30.5 Å². The molecule has 1 amide bonds. The summed E-state index contributed by atoms with van der Waals surface area (Å²) in [6.45, 7) is 11.8. The molecular formula is C12H24N4O3Si. The van der Waals surface area contributed by atoms with Gasteiger partial charge in [0.1, 0.15) is 0 Å². The first-order valence-corrected chi connectivity index (χ1v) is 9.65. The molecule has 2 atom stereocenters. The van der Waals surface area contributed by atoms with Crippen LogP contribution in [0.5, 0.6) is 0 Å². The Morgan fingerprint density at radius 2 is 2.10 bits per heavy atom. The predicted molar refractivity (Wildman–Crippen MR) is 79.2 cm³/mol. The van der Waals surface area contributed by atoms with Crippen molar-refractivity contribution in [1.82, 2.24) is 4.90 Å². The molecule has 7 nitrogen and oxygen atoms in total. The number of carboxylic acid groups (broad SMARTS) is 1. The number of hydrogen-bond donors (Lipinski definition) is 1. The van der Waals surface area contributed by atoms with Gasteiger partial charge in [-0.15, -0.1) is 0 Å². The molecule has 1 fully saturated rings. The molecule has 1 saturated heterocycles. The smallest absolute Gasteiger partial charge is 0.407 e. The zero-order valence-electron chi connectivity index (χ0n) is 12.8. The molecule has 0 aromatic heterocycles. The van der Waals surface area contributed by atoms with Crippen LogP contribution in [0.2, 0.25) is 18.1 Å². The van der Waals surface area contributed by atoms with E-state index in [4.69, 9.17) is 15.1 Å². The second kappa shape index (κ2) is 6.03. The first-order valence-electron chi connectivity index (χ1n) is 6.74. The van der Waals surface area contributed by atoms with Gasteiger partial charge in [-0.05, 0) is 23.7 Å². The molecule has 0 aliphatic carbocycles. The second-order valence-electron chi connectivity index (χ2n) is 6.79. The molecular weight excluding hydrogens is 276 g/mol. The van der Waals surface area contributed by atoms with Crippen molar-refractivity contribution in [1.29, 1.82) is 0 Å². The fourth-order valence-electron chi connectivity index (χ4n) is 1.90. The lowest BCUT2D eigenvalue weighted by Crippen LogP contribution is -2.43. The van der Waals surface area contributed by atoms with E-state index < -0.39 is 14.4 Å². The van der Waals surface area contributed by atoms with Crippen LogP contribution in [0, 0.1) is 5.92 Å². The summed E-state index contributed by atoms with van der Waals surface area (Å²) in [6.07, 6.45) is -0.974. The number of azide groups is 1. The lowest BCUT2D eigenvalue weighted by atomic mass is 10.1. The quantitative estimate of drug-likeness (QED) is 0.373. The molecule has 0 saturated carbocycles. The van der Waals surface area contributed by atoms with E-state index in [2.05, 4.69) is 43.9 Å². The van der Waals surface area contributed by atoms with Crippen LogP contribution in [0.15, 0.2) is 5.11 Å². The highest BCUT2D eigenvalue weighted by atomic mass is 28.4. The molecule has 1 heterocycles. The molecule has 1 aliphatic heterocycles. The van der Waals surface area contributed by atoms with Crippen LogP contribution in [0.3, 0.4) is 0 Å². The van der Waals surface area contributed by atoms with Crippen molar-refractivity contribution in [3.05, 3.63) is 10.4 Å². The molecule has 114 valence electrons. The fourth-order valence-corrected chi connectivity index (χ4v) is 2.97. The summed E-state index contributed by atoms with van der Waals surface area (Å²) in [5.74, 6) is -0.0591. The monoisotopic (exact) mass is 300 g/mol. The van der Waals surface area contributed by atoms with Gasteiger partial charge >= 0.3 is 6.09 Å². The van der Waals surface area contributed by atoms with E-state index in [9.17, 15) is 4.79 Å². The zero-order chi connectivity index (χ0) is 15.6. The average molecular weight is 300 g/mol. The Labute approximate surface area is 120 Å². The number of hydrogen-bond acceptors (Lipinski definition) is 3. The summed E-state index contributed by atoms with van der Waals surface area (Å²) in [7, 11) is -1.87. The first-order chi connectivity index (χ1) is 9.08.